The number of nitrogens with one attached hydrogen (secondary N) is 2. The highest BCUT2D eigenvalue weighted by Gasteiger charge is 2.19. The van der Waals surface area contributed by atoms with Crippen LogP contribution >= 0.6 is 11.8 Å². The first-order valence-electron chi connectivity index (χ1n) is 9.93. The number of thioether (sulfide) groups is 1. The molecule has 0 heterocycles. The molecule has 0 bridgehead atoms. The smallest absolute Gasteiger partial charge is 0.253 e. The standard InChI is InChI=1S/C25H26N2O2S/c1-17-13-15-21(16-14-17)30-19(3)24(28)27-23-12-8-7-11-22(23)25(29)26-18(2)20-9-5-4-6-10-20/h4-16,18-19H,1-3H3,(H,26,29)(H,27,28)/t18-,19-/m0/s1. The maximum absolute atomic E-state index is 12.9. The minimum absolute atomic E-state index is 0.140. The van der Waals surface area contributed by atoms with E-state index in [4.69, 9.17) is 0 Å². The number of carbonyl (C=O) groups excluding carboxylic acids is 2. The van der Waals surface area contributed by atoms with Crippen molar-refractivity contribution in [1.82, 2.24) is 5.32 Å². The fourth-order valence-electron chi connectivity index (χ4n) is 3.00. The predicted molar refractivity (Wildman–Crippen MR) is 124 cm³/mol. The zero-order valence-corrected chi connectivity index (χ0v) is 18.2. The molecule has 5 heteroatoms. The molecule has 0 spiro atoms. The second kappa shape index (κ2) is 10.1. The molecular weight excluding hydrogens is 392 g/mol. The summed E-state index contributed by atoms with van der Waals surface area (Å²) in [6, 6.07) is 24.8. The summed E-state index contributed by atoms with van der Waals surface area (Å²) < 4.78 is 0. The Bertz CT molecular complexity index is 1000. The van der Waals surface area contributed by atoms with Gasteiger partial charge in [0.2, 0.25) is 5.91 Å². The number of rotatable bonds is 7. The topological polar surface area (TPSA) is 58.2 Å². The minimum Gasteiger partial charge on any atom is -0.345 e. The molecule has 3 aromatic carbocycles. The molecule has 2 atom stereocenters. The fourth-order valence-corrected chi connectivity index (χ4v) is 3.87. The van der Waals surface area contributed by atoms with Crippen molar-refractivity contribution in [3.63, 3.8) is 0 Å². The lowest BCUT2D eigenvalue weighted by Crippen LogP contribution is -2.29. The molecule has 0 aliphatic carbocycles. The van der Waals surface area contributed by atoms with Gasteiger partial charge in [0, 0.05) is 4.90 Å². The summed E-state index contributed by atoms with van der Waals surface area (Å²) in [5.41, 5.74) is 3.16. The van der Waals surface area contributed by atoms with Crippen LogP contribution in [0.25, 0.3) is 0 Å². The van der Waals surface area contributed by atoms with Crippen LogP contribution in [0.1, 0.15) is 41.4 Å². The highest BCUT2D eigenvalue weighted by Crippen LogP contribution is 2.25. The van der Waals surface area contributed by atoms with Crippen molar-refractivity contribution in [2.24, 2.45) is 0 Å². The maximum Gasteiger partial charge on any atom is 0.253 e. The van der Waals surface area contributed by atoms with Gasteiger partial charge in [-0.05, 0) is 50.6 Å². The Morgan fingerprint density at radius 3 is 2.17 bits per heavy atom. The van der Waals surface area contributed by atoms with E-state index >= 15 is 0 Å². The third-order valence-corrected chi connectivity index (χ3v) is 5.89. The second-order valence-electron chi connectivity index (χ2n) is 7.21. The van der Waals surface area contributed by atoms with Crippen LogP contribution in [-0.4, -0.2) is 17.1 Å². The summed E-state index contributed by atoms with van der Waals surface area (Å²) in [6.07, 6.45) is 0. The van der Waals surface area contributed by atoms with Crippen molar-refractivity contribution in [2.75, 3.05) is 5.32 Å². The van der Waals surface area contributed by atoms with E-state index in [1.54, 1.807) is 18.2 Å². The van der Waals surface area contributed by atoms with E-state index in [-0.39, 0.29) is 23.1 Å². The van der Waals surface area contributed by atoms with E-state index in [0.717, 1.165) is 10.5 Å². The van der Waals surface area contributed by atoms with Crippen LogP contribution in [-0.2, 0) is 4.79 Å². The van der Waals surface area contributed by atoms with Gasteiger partial charge in [-0.15, -0.1) is 11.8 Å². The van der Waals surface area contributed by atoms with Gasteiger partial charge in [-0.25, -0.2) is 0 Å². The van der Waals surface area contributed by atoms with Crippen LogP contribution in [0.2, 0.25) is 0 Å². The average molecular weight is 419 g/mol. The molecule has 0 aromatic heterocycles. The number of benzene rings is 3. The Balaban J connectivity index is 1.67. The minimum atomic E-state index is -0.299. The van der Waals surface area contributed by atoms with Crippen LogP contribution in [0, 0.1) is 6.92 Å². The van der Waals surface area contributed by atoms with Crippen molar-refractivity contribution < 1.29 is 9.59 Å². The van der Waals surface area contributed by atoms with Gasteiger partial charge in [-0.3, -0.25) is 9.59 Å². The average Bonchev–Trinajstić information content (AvgIpc) is 2.76. The van der Waals surface area contributed by atoms with Gasteiger partial charge in [-0.2, -0.15) is 0 Å². The van der Waals surface area contributed by atoms with E-state index < -0.39 is 0 Å². The van der Waals surface area contributed by atoms with Crippen molar-refractivity contribution in [2.45, 2.75) is 37.0 Å². The Morgan fingerprint density at radius 2 is 1.47 bits per heavy atom. The zero-order valence-electron chi connectivity index (χ0n) is 17.4. The lowest BCUT2D eigenvalue weighted by atomic mass is 10.1. The first-order chi connectivity index (χ1) is 14.4. The summed E-state index contributed by atoms with van der Waals surface area (Å²) >= 11 is 1.49. The first-order valence-corrected chi connectivity index (χ1v) is 10.8. The largest absolute Gasteiger partial charge is 0.345 e. The molecule has 0 saturated carbocycles. The highest BCUT2D eigenvalue weighted by atomic mass is 32.2. The number of para-hydroxylation sites is 1. The summed E-state index contributed by atoms with van der Waals surface area (Å²) in [5, 5.41) is 5.62. The van der Waals surface area contributed by atoms with E-state index in [9.17, 15) is 9.59 Å². The second-order valence-corrected chi connectivity index (χ2v) is 8.63. The number of hydrogen-bond donors (Lipinski definition) is 2. The molecule has 30 heavy (non-hydrogen) atoms. The lowest BCUT2D eigenvalue weighted by Gasteiger charge is -2.17. The molecule has 0 unspecified atom stereocenters. The molecule has 0 aliphatic rings. The number of carbonyl (C=O) groups is 2. The Hall–Kier alpha value is -3.05. The van der Waals surface area contributed by atoms with Crippen molar-refractivity contribution in [3.05, 3.63) is 95.6 Å². The molecule has 4 nitrogen and oxygen atoms in total. The van der Waals surface area contributed by atoms with Gasteiger partial charge in [0.25, 0.3) is 5.91 Å². The normalized spacial score (nSPS) is 12.6. The number of amides is 2. The molecule has 0 aliphatic heterocycles. The summed E-state index contributed by atoms with van der Waals surface area (Å²) in [4.78, 5) is 26.6. The number of aryl methyl sites for hydroxylation is 1. The third kappa shape index (κ3) is 5.74. The van der Waals surface area contributed by atoms with Gasteiger partial charge in [0.15, 0.2) is 0 Å². The first kappa shape index (κ1) is 21.7. The lowest BCUT2D eigenvalue weighted by molar-refractivity contribution is -0.115. The molecule has 3 rings (SSSR count). The molecular formula is C25H26N2O2S. The monoisotopic (exact) mass is 418 g/mol. The Morgan fingerprint density at radius 1 is 0.833 bits per heavy atom. The Labute approximate surface area is 182 Å². The van der Waals surface area contributed by atoms with Crippen LogP contribution in [0.3, 0.4) is 0 Å². The van der Waals surface area contributed by atoms with E-state index in [0.29, 0.717) is 11.3 Å². The van der Waals surface area contributed by atoms with Crippen LogP contribution in [0.5, 0.6) is 0 Å². The van der Waals surface area contributed by atoms with Crippen molar-refractivity contribution >= 4 is 29.3 Å². The predicted octanol–water partition coefficient (Wildman–Crippen LogP) is 5.61. The van der Waals surface area contributed by atoms with E-state index in [1.807, 2.05) is 81.4 Å². The van der Waals surface area contributed by atoms with E-state index in [2.05, 4.69) is 10.6 Å². The maximum atomic E-state index is 12.9. The van der Waals surface area contributed by atoms with E-state index in [1.165, 1.54) is 17.3 Å². The molecule has 2 N–H and O–H groups in total. The van der Waals surface area contributed by atoms with Gasteiger partial charge in [-0.1, -0.05) is 60.2 Å². The quantitative estimate of drug-likeness (QED) is 0.491. The molecule has 0 radical (unpaired) electrons. The highest BCUT2D eigenvalue weighted by molar-refractivity contribution is 8.00. The van der Waals surface area contributed by atoms with Gasteiger partial charge >= 0.3 is 0 Å². The van der Waals surface area contributed by atoms with Crippen molar-refractivity contribution in [3.8, 4) is 0 Å². The number of anilines is 1. The molecule has 3 aromatic rings. The summed E-state index contributed by atoms with van der Waals surface area (Å²) in [5.74, 6) is -0.363. The van der Waals surface area contributed by atoms with Gasteiger partial charge < -0.3 is 10.6 Å². The fraction of sp³-hybridized carbons (Fsp3) is 0.200. The van der Waals surface area contributed by atoms with Gasteiger partial charge in [0.1, 0.15) is 0 Å². The SMILES string of the molecule is Cc1ccc(S[C@@H](C)C(=O)Nc2ccccc2C(=O)N[C@@H](C)c2ccccc2)cc1. The summed E-state index contributed by atoms with van der Waals surface area (Å²) in [6.45, 7) is 5.83. The zero-order chi connectivity index (χ0) is 21.5. The van der Waals surface area contributed by atoms with Gasteiger partial charge in [0.05, 0.1) is 22.5 Å². The van der Waals surface area contributed by atoms with Crippen LogP contribution in [0.15, 0.2) is 83.8 Å². The van der Waals surface area contributed by atoms with Crippen LogP contribution < -0.4 is 10.6 Å². The molecule has 154 valence electrons. The Kier molecular flexibility index (Phi) is 7.31. The van der Waals surface area contributed by atoms with Crippen molar-refractivity contribution in [1.29, 1.82) is 0 Å². The number of hydrogen-bond acceptors (Lipinski definition) is 3. The molecule has 0 fully saturated rings. The van der Waals surface area contributed by atoms with Crippen LogP contribution in [0.4, 0.5) is 5.69 Å². The molecule has 0 saturated heterocycles. The molecule has 2 amide bonds. The summed E-state index contributed by atoms with van der Waals surface area (Å²) in [7, 11) is 0. The third-order valence-electron chi connectivity index (χ3n) is 4.78.